The van der Waals surface area contributed by atoms with Crippen LogP contribution in [0.2, 0.25) is 0 Å². The third kappa shape index (κ3) is 4.00. The number of aromatic amines is 1. The molecular weight excluding hydrogens is 413 g/mol. The summed E-state index contributed by atoms with van der Waals surface area (Å²) in [5.74, 6) is -1.42. The second-order valence-corrected chi connectivity index (χ2v) is 6.72. The van der Waals surface area contributed by atoms with Crippen molar-refractivity contribution < 1.29 is 23.1 Å². The summed E-state index contributed by atoms with van der Waals surface area (Å²) in [4.78, 5) is 31.2. The molecule has 7 nitrogen and oxygen atoms in total. The summed E-state index contributed by atoms with van der Waals surface area (Å²) in [6, 6.07) is 11.8. The summed E-state index contributed by atoms with van der Waals surface area (Å²) >= 11 is 0. The number of halogens is 3. The SMILES string of the molecule is O=C(Cn1c(O)c(/C=C2\C=Nc3ccccc32)[nH]c1=O)Nc1ccccc1C(F)(F)F. The number of nitrogens with one attached hydrogen (secondary N) is 2. The number of aromatic nitrogens is 2. The van der Waals surface area contributed by atoms with Gasteiger partial charge in [0.05, 0.1) is 16.9 Å². The minimum absolute atomic E-state index is 0.0478. The maximum absolute atomic E-state index is 13.1. The van der Waals surface area contributed by atoms with Gasteiger partial charge in [0.2, 0.25) is 11.8 Å². The third-order valence-corrected chi connectivity index (χ3v) is 4.65. The van der Waals surface area contributed by atoms with E-state index in [4.69, 9.17) is 0 Å². The highest BCUT2D eigenvalue weighted by molar-refractivity contribution is 6.21. The van der Waals surface area contributed by atoms with E-state index < -0.39 is 41.4 Å². The van der Waals surface area contributed by atoms with Gasteiger partial charge in [-0.1, -0.05) is 30.3 Å². The van der Waals surface area contributed by atoms with Crippen LogP contribution in [0.5, 0.6) is 5.88 Å². The van der Waals surface area contributed by atoms with Crippen LogP contribution in [0, 0.1) is 0 Å². The molecule has 4 rings (SSSR count). The Morgan fingerprint density at radius 1 is 1.16 bits per heavy atom. The van der Waals surface area contributed by atoms with Crippen LogP contribution in [0.1, 0.15) is 16.8 Å². The fraction of sp³-hybridized carbons (Fsp3) is 0.0952. The molecule has 0 aliphatic carbocycles. The van der Waals surface area contributed by atoms with Crippen molar-refractivity contribution in [3.05, 3.63) is 75.8 Å². The molecule has 31 heavy (non-hydrogen) atoms. The van der Waals surface area contributed by atoms with E-state index in [1.54, 1.807) is 6.21 Å². The molecule has 1 aromatic heterocycles. The maximum atomic E-state index is 13.1. The Hall–Kier alpha value is -4.08. The van der Waals surface area contributed by atoms with E-state index in [0.29, 0.717) is 5.57 Å². The van der Waals surface area contributed by atoms with Crippen molar-refractivity contribution in [3.8, 4) is 5.88 Å². The van der Waals surface area contributed by atoms with Gasteiger partial charge in [0.25, 0.3) is 0 Å². The van der Waals surface area contributed by atoms with E-state index in [1.165, 1.54) is 18.2 Å². The highest BCUT2D eigenvalue weighted by atomic mass is 19.4. The molecule has 0 atom stereocenters. The molecule has 1 amide bonds. The maximum Gasteiger partial charge on any atom is 0.418 e. The van der Waals surface area contributed by atoms with E-state index in [2.05, 4.69) is 15.3 Å². The van der Waals surface area contributed by atoms with Crippen molar-refractivity contribution in [2.45, 2.75) is 12.7 Å². The first-order valence-corrected chi connectivity index (χ1v) is 9.07. The number of benzene rings is 2. The lowest BCUT2D eigenvalue weighted by molar-refractivity contribution is -0.137. The van der Waals surface area contributed by atoms with Crippen molar-refractivity contribution in [1.29, 1.82) is 0 Å². The quantitative estimate of drug-likeness (QED) is 0.590. The number of rotatable bonds is 4. The molecule has 158 valence electrons. The summed E-state index contributed by atoms with van der Waals surface area (Å²) < 4.78 is 40.0. The van der Waals surface area contributed by atoms with Crippen molar-refractivity contribution in [3.63, 3.8) is 0 Å². The van der Waals surface area contributed by atoms with Gasteiger partial charge in [-0.2, -0.15) is 13.2 Å². The minimum atomic E-state index is -4.66. The Bertz CT molecular complexity index is 1290. The van der Waals surface area contributed by atoms with Gasteiger partial charge in [0, 0.05) is 17.4 Å². The van der Waals surface area contributed by atoms with Crippen molar-refractivity contribution in [2.75, 3.05) is 5.32 Å². The standard InChI is InChI=1S/C21H15F3N4O3/c22-21(23,24)14-6-2-4-8-16(14)26-18(29)11-28-19(30)17(27-20(28)31)9-12-10-25-15-7-3-1-5-13(12)15/h1-10,30H,11H2,(H,26,29)(H,27,31)/b12-9+. The number of imidazole rings is 1. The lowest BCUT2D eigenvalue weighted by atomic mass is 10.1. The molecule has 0 spiro atoms. The topological polar surface area (TPSA) is 99.5 Å². The zero-order valence-corrected chi connectivity index (χ0v) is 15.8. The summed E-state index contributed by atoms with van der Waals surface area (Å²) in [6.45, 7) is -0.679. The Morgan fingerprint density at radius 2 is 1.87 bits per heavy atom. The molecule has 10 heteroatoms. The Morgan fingerprint density at radius 3 is 2.65 bits per heavy atom. The van der Waals surface area contributed by atoms with Crippen LogP contribution < -0.4 is 11.0 Å². The number of fused-ring (bicyclic) bond motifs is 1. The zero-order chi connectivity index (χ0) is 22.2. The van der Waals surface area contributed by atoms with Crippen molar-refractivity contribution in [1.82, 2.24) is 9.55 Å². The molecule has 0 radical (unpaired) electrons. The van der Waals surface area contributed by atoms with Crippen molar-refractivity contribution >= 4 is 35.1 Å². The number of hydrogen-bond acceptors (Lipinski definition) is 4. The number of H-pyrrole nitrogens is 1. The predicted octanol–water partition coefficient (Wildman–Crippen LogP) is 3.80. The first-order valence-electron chi connectivity index (χ1n) is 9.07. The molecule has 0 unspecified atom stereocenters. The summed E-state index contributed by atoms with van der Waals surface area (Å²) in [7, 11) is 0. The normalized spacial score (nSPS) is 14.1. The lowest BCUT2D eigenvalue weighted by Gasteiger charge is -2.13. The van der Waals surface area contributed by atoms with Gasteiger partial charge in [0.1, 0.15) is 12.2 Å². The van der Waals surface area contributed by atoms with E-state index in [0.717, 1.165) is 28.0 Å². The highest BCUT2D eigenvalue weighted by Gasteiger charge is 2.33. The van der Waals surface area contributed by atoms with Crippen molar-refractivity contribution in [2.24, 2.45) is 4.99 Å². The first kappa shape index (κ1) is 20.2. The van der Waals surface area contributed by atoms with E-state index in [-0.39, 0.29) is 5.69 Å². The lowest BCUT2D eigenvalue weighted by Crippen LogP contribution is -2.26. The molecule has 0 fully saturated rings. The average molecular weight is 428 g/mol. The van der Waals surface area contributed by atoms with Crippen LogP contribution in [0.3, 0.4) is 0 Å². The molecule has 0 saturated heterocycles. The van der Waals surface area contributed by atoms with Crippen LogP contribution in [0.15, 0.2) is 58.3 Å². The van der Waals surface area contributed by atoms with Gasteiger partial charge < -0.3 is 15.4 Å². The summed E-state index contributed by atoms with van der Waals surface area (Å²) in [6.07, 6.45) is -1.59. The molecule has 0 saturated carbocycles. The van der Waals surface area contributed by atoms with E-state index >= 15 is 0 Å². The van der Waals surface area contributed by atoms with Gasteiger partial charge in [-0.3, -0.25) is 14.4 Å². The van der Waals surface area contributed by atoms with Gasteiger partial charge >= 0.3 is 11.9 Å². The fourth-order valence-corrected chi connectivity index (χ4v) is 3.21. The fourth-order valence-electron chi connectivity index (χ4n) is 3.21. The minimum Gasteiger partial charge on any atom is -0.493 e. The molecule has 2 aromatic carbocycles. The Labute approximate surface area is 173 Å². The van der Waals surface area contributed by atoms with Crippen LogP contribution in [0.25, 0.3) is 11.6 Å². The number of para-hydroxylation sites is 2. The number of anilines is 1. The Kier molecular flexibility index (Phi) is 4.97. The predicted molar refractivity (Wildman–Crippen MR) is 109 cm³/mol. The number of aliphatic imine (C=N–C) groups is 1. The number of allylic oxidation sites excluding steroid dienone is 1. The van der Waals surface area contributed by atoms with Crippen LogP contribution >= 0.6 is 0 Å². The summed E-state index contributed by atoms with van der Waals surface area (Å²) in [5, 5.41) is 12.5. The molecule has 0 bridgehead atoms. The smallest absolute Gasteiger partial charge is 0.418 e. The number of alkyl halides is 3. The van der Waals surface area contributed by atoms with Crippen LogP contribution in [-0.2, 0) is 17.5 Å². The van der Waals surface area contributed by atoms with Crippen LogP contribution in [-0.4, -0.2) is 26.8 Å². The van der Waals surface area contributed by atoms with E-state index in [1.807, 2.05) is 24.3 Å². The second kappa shape index (κ2) is 7.63. The monoisotopic (exact) mass is 428 g/mol. The largest absolute Gasteiger partial charge is 0.493 e. The van der Waals surface area contributed by atoms with Crippen LogP contribution in [0.4, 0.5) is 24.5 Å². The number of carbonyl (C=O) groups is 1. The third-order valence-electron chi connectivity index (χ3n) is 4.65. The highest BCUT2D eigenvalue weighted by Crippen LogP contribution is 2.35. The number of amides is 1. The molecule has 2 heterocycles. The molecule has 1 aliphatic rings. The Balaban J connectivity index is 1.57. The van der Waals surface area contributed by atoms with Gasteiger partial charge in [0.15, 0.2) is 0 Å². The average Bonchev–Trinajstić information content (AvgIpc) is 3.24. The number of carbonyl (C=O) groups excluding carboxylic acids is 1. The molecule has 3 N–H and O–H groups in total. The summed E-state index contributed by atoms with van der Waals surface area (Å²) in [5.41, 5.74) is -0.0150. The first-order chi connectivity index (χ1) is 14.7. The molecular formula is C21H15F3N4O3. The zero-order valence-electron chi connectivity index (χ0n) is 15.8. The number of nitrogens with zero attached hydrogens (tertiary/aromatic N) is 2. The number of aromatic hydroxyl groups is 1. The number of hydrogen-bond donors (Lipinski definition) is 3. The van der Waals surface area contributed by atoms with Gasteiger partial charge in [-0.15, -0.1) is 0 Å². The molecule has 1 aliphatic heterocycles. The van der Waals surface area contributed by atoms with Gasteiger partial charge in [-0.05, 0) is 24.3 Å². The second-order valence-electron chi connectivity index (χ2n) is 6.72. The van der Waals surface area contributed by atoms with E-state index in [9.17, 15) is 27.9 Å². The van der Waals surface area contributed by atoms with Gasteiger partial charge in [-0.25, -0.2) is 4.79 Å². The molecule has 3 aromatic rings.